The molecule has 2 aromatic rings. The van der Waals surface area contributed by atoms with Gasteiger partial charge in [0.1, 0.15) is 11.9 Å². The molecule has 3 heterocycles. The van der Waals surface area contributed by atoms with Gasteiger partial charge in [0, 0.05) is 30.4 Å². The summed E-state index contributed by atoms with van der Waals surface area (Å²) in [4.78, 5) is 23.4. The summed E-state index contributed by atoms with van der Waals surface area (Å²) in [5.74, 6) is 1.60. The quantitative estimate of drug-likeness (QED) is 0.628. The average Bonchev–Trinajstić information content (AvgIpc) is 3.17. The van der Waals surface area contributed by atoms with E-state index in [1.807, 2.05) is 30.3 Å². The molecule has 0 aliphatic carbocycles. The van der Waals surface area contributed by atoms with Crippen molar-refractivity contribution in [3.05, 3.63) is 53.2 Å². The number of nitrogens with one attached hydrogen (secondary N) is 1. The fourth-order valence-electron chi connectivity index (χ4n) is 4.34. The number of rotatable bonds is 4. The van der Waals surface area contributed by atoms with Crippen molar-refractivity contribution in [1.82, 2.24) is 4.90 Å². The predicted octanol–water partition coefficient (Wildman–Crippen LogP) is 4.59. The van der Waals surface area contributed by atoms with Crippen LogP contribution >= 0.6 is 11.6 Å². The molecule has 0 radical (unpaired) electrons. The van der Waals surface area contributed by atoms with Gasteiger partial charge in [0.25, 0.3) is 5.91 Å². The monoisotopic (exact) mass is 494 g/mol. The molecule has 3 aliphatic rings. The Hall–Kier alpha value is -3.36. The van der Waals surface area contributed by atoms with Crippen molar-refractivity contribution < 1.29 is 19.0 Å². The van der Waals surface area contributed by atoms with E-state index in [1.54, 1.807) is 13.2 Å². The number of carbonyl (C=O) groups is 1. The number of methoxy groups -OCH3 is 1. The molecule has 1 N–H and O–H groups in total. The molecule has 0 atom stereocenters. The normalized spacial score (nSPS) is 20.9. The molecule has 1 amide bonds. The van der Waals surface area contributed by atoms with Crippen molar-refractivity contribution in [3.8, 4) is 16.9 Å². The second kappa shape index (κ2) is 10.1. The molecular formula is C26H27ClN4O4. The summed E-state index contributed by atoms with van der Waals surface area (Å²) in [5, 5.41) is 3.41. The third kappa shape index (κ3) is 5.18. The lowest BCUT2D eigenvalue weighted by atomic mass is 9.99. The Balaban J connectivity index is 1.37. The van der Waals surface area contributed by atoms with E-state index in [-0.39, 0.29) is 18.7 Å². The Morgan fingerprint density at radius 3 is 2.71 bits per heavy atom. The first-order chi connectivity index (χ1) is 17.0. The third-order valence-corrected chi connectivity index (χ3v) is 6.68. The van der Waals surface area contributed by atoms with E-state index >= 15 is 0 Å². The zero-order valence-corrected chi connectivity index (χ0v) is 20.5. The molecule has 0 aromatic heterocycles. The highest BCUT2D eigenvalue weighted by molar-refractivity contribution is 6.36. The summed E-state index contributed by atoms with van der Waals surface area (Å²) in [6, 6.07) is 11.6. The van der Waals surface area contributed by atoms with E-state index in [2.05, 4.69) is 27.2 Å². The lowest BCUT2D eigenvalue weighted by Gasteiger charge is -2.29. The van der Waals surface area contributed by atoms with Crippen LogP contribution in [0.2, 0.25) is 5.02 Å². The minimum atomic E-state index is -0.240. The Labute approximate surface area is 209 Å². The Kier molecular flexibility index (Phi) is 6.74. The maximum Gasteiger partial charge on any atom is 0.257 e. The van der Waals surface area contributed by atoms with Gasteiger partial charge in [-0.15, -0.1) is 0 Å². The number of likely N-dealkylation sites (tertiary alicyclic amines) is 1. The highest BCUT2D eigenvalue weighted by Crippen LogP contribution is 2.40. The number of nitrogens with zero attached hydrogens (tertiary/aromatic N) is 3. The number of halogens is 1. The molecule has 35 heavy (non-hydrogen) atoms. The zero-order chi connectivity index (χ0) is 24.4. The smallest absolute Gasteiger partial charge is 0.257 e. The van der Waals surface area contributed by atoms with Gasteiger partial charge in [-0.1, -0.05) is 23.7 Å². The van der Waals surface area contributed by atoms with Crippen LogP contribution in [0.5, 0.6) is 5.75 Å². The van der Waals surface area contributed by atoms with E-state index in [0.717, 1.165) is 48.4 Å². The van der Waals surface area contributed by atoms with Gasteiger partial charge in [-0.3, -0.25) is 4.79 Å². The van der Waals surface area contributed by atoms with Crippen LogP contribution in [0.15, 0.2) is 52.6 Å². The lowest BCUT2D eigenvalue weighted by Crippen LogP contribution is -2.35. The topological polar surface area (TPSA) is 84.8 Å². The Bertz CT molecular complexity index is 1210. The van der Waals surface area contributed by atoms with Crippen molar-refractivity contribution in [3.63, 3.8) is 0 Å². The fourth-order valence-corrected chi connectivity index (χ4v) is 4.61. The molecule has 3 aliphatic heterocycles. The number of amides is 1. The first-order valence-corrected chi connectivity index (χ1v) is 12.0. The summed E-state index contributed by atoms with van der Waals surface area (Å²) in [5.41, 5.74) is 3.60. The van der Waals surface area contributed by atoms with E-state index in [9.17, 15) is 4.79 Å². The summed E-state index contributed by atoms with van der Waals surface area (Å²) in [7, 11) is 3.69. The van der Waals surface area contributed by atoms with Crippen LogP contribution in [0.1, 0.15) is 24.8 Å². The van der Waals surface area contributed by atoms with Crippen LogP contribution in [-0.2, 0) is 14.3 Å². The number of hydrogen-bond acceptors (Lipinski definition) is 7. The van der Waals surface area contributed by atoms with Crippen LogP contribution in [0.3, 0.4) is 0 Å². The van der Waals surface area contributed by atoms with Crippen LogP contribution < -0.4 is 10.1 Å². The number of fused-ring (bicyclic) bond motifs is 1. The van der Waals surface area contributed by atoms with Crippen LogP contribution in [0.25, 0.3) is 16.7 Å². The van der Waals surface area contributed by atoms with Gasteiger partial charge in [-0.25, -0.2) is 9.98 Å². The average molecular weight is 495 g/mol. The number of aliphatic imine (C=N–C) groups is 2. The number of ether oxygens (including phenoxy) is 3. The highest BCUT2D eigenvalue weighted by atomic mass is 35.5. The third-order valence-electron chi connectivity index (χ3n) is 6.37. The SMILES string of the molecule is COC1=NCOC(=N/C=C2\C(=O)Nc3cc(Cl)c(-c4ccc(OC5CCN(C)CC5)cc4)cc32)C1. The van der Waals surface area contributed by atoms with E-state index in [1.165, 1.54) is 6.20 Å². The Morgan fingerprint density at radius 1 is 1.20 bits per heavy atom. The molecular weight excluding hydrogens is 468 g/mol. The zero-order valence-electron chi connectivity index (χ0n) is 19.7. The van der Waals surface area contributed by atoms with Crippen LogP contribution in [-0.4, -0.2) is 62.7 Å². The second-order valence-corrected chi connectivity index (χ2v) is 9.16. The summed E-state index contributed by atoms with van der Waals surface area (Å²) < 4.78 is 16.8. The lowest BCUT2D eigenvalue weighted by molar-refractivity contribution is -0.110. The van der Waals surface area contributed by atoms with Crippen LogP contribution in [0.4, 0.5) is 5.69 Å². The van der Waals surface area contributed by atoms with Crippen LogP contribution in [0, 0.1) is 0 Å². The van der Waals surface area contributed by atoms with Crippen molar-refractivity contribution in [2.24, 2.45) is 9.98 Å². The van der Waals surface area contributed by atoms with Crippen molar-refractivity contribution in [2.75, 3.05) is 39.3 Å². The maximum absolute atomic E-state index is 12.6. The minimum Gasteiger partial charge on any atom is -0.490 e. The molecule has 0 unspecified atom stereocenters. The molecule has 0 saturated carbocycles. The molecule has 8 nitrogen and oxygen atoms in total. The summed E-state index contributed by atoms with van der Waals surface area (Å²) in [6.45, 7) is 2.25. The molecule has 2 aromatic carbocycles. The summed E-state index contributed by atoms with van der Waals surface area (Å²) >= 11 is 6.60. The molecule has 5 rings (SSSR count). The predicted molar refractivity (Wildman–Crippen MR) is 137 cm³/mol. The van der Waals surface area contributed by atoms with E-state index in [0.29, 0.717) is 34.5 Å². The second-order valence-electron chi connectivity index (χ2n) is 8.75. The molecule has 0 spiro atoms. The van der Waals surface area contributed by atoms with Gasteiger partial charge in [0.05, 0.1) is 29.8 Å². The molecule has 0 bridgehead atoms. The van der Waals surface area contributed by atoms with Crippen molar-refractivity contribution in [2.45, 2.75) is 25.4 Å². The van der Waals surface area contributed by atoms with Gasteiger partial charge >= 0.3 is 0 Å². The van der Waals surface area contributed by atoms with E-state index < -0.39 is 0 Å². The van der Waals surface area contributed by atoms with Gasteiger partial charge in [0.2, 0.25) is 0 Å². The maximum atomic E-state index is 12.6. The molecule has 9 heteroatoms. The fraction of sp³-hybridized carbons (Fsp3) is 0.346. The number of hydrogen-bond donors (Lipinski definition) is 1. The summed E-state index contributed by atoms with van der Waals surface area (Å²) in [6.07, 6.45) is 4.16. The molecule has 182 valence electrons. The van der Waals surface area contributed by atoms with E-state index in [4.69, 9.17) is 25.8 Å². The number of anilines is 1. The first kappa shape index (κ1) is 23.4. The highest BCUT2D eigenvalue weighted by Gasteiger charge is 2.26. The Morgan fingerprint density at radius 2 is 1.97 bits per heavy atom. The van der Waals surface area contributed by atoms with Gasteiger partial charge < -0.3 is 24.4 Å². The van der Waals surface area contributed by atoms with Crippen molar-refractivity contribution in [1.29, 1.82) is 0 Å². The standard InChI is InChI=1S/C26H27ClN4O4/c1-31-9-7-18(8-10-31)35-17-5-3-16(4-6-17)19-11-20-21(26(32)30-23(20)12-22(19)27)14-28-25-13-24(33-2)29-15-34-25/h3-6,11-12,14,18H,7-10,13,15H2,1-2H3,(H,30,32)/b21-14-,28-25?. The molecule has 1 fully saturated rings. The number of benzene rings is 2. The first-order valence-electron chi connectivity index (χ1n) is 11.6. The van der Waals surface area contributed by atoms with Gasteiger partial charge in [0.15, 0.2) is 18.5 Å². The van der Waals surface area contributed by atoms with Gasteiger partial charge in [-0.2, -0.15) is 0 Å². The van der Waals surface area contributed by atoms with Crippen molar-refractivity contribution >= 4 is 40.6 Å². The molecule has 1 saturated heterocycles. The number of carbonyl (C=O) groups excluding carboxylic acids is 1. The minimum absolute atomic E-state index is 0.144. The van der Waals surface area contributed by atoms with Gasteiger partial charge in [-0.05, 0) is 49.7 Å². The largest absolute Gasteiger partial charge is 0.490 e. The number of piperidine rings is 1.